The fraction of sp³-hybridized carbons (Fsp3) is 0.267. The number of thiophene rings is 1. The molecular formula is C15H17NO2S. The number of carbonyl (C=O) groups is 1. The Balaban J connectivity index is 2.03. The first-order chi connectivity index (χ1) is 9.10. The Bertz CT molecular complexity index is 560. The van der Waals surface area contributed by atoms with Crippen LogP contribution in [-0.4, -0.2) is 13.0 Å². The Morgan fingerprint density at radius 2 is 2.00 bits per heavy atom. The molecular weight excluding hydrogens is 258 g/mol. The summed E-state index contributed by atoms with van der Waals surface area (Å²) in [6.45, 7) is 3.97. The third-order valence-electron chi connectivity index (χ3n) is 2.96. The summed E-state index contributed by atoms with van der Waals surface area (Å²) < 4.78 is 5.12. The Labute approximate surface area is 117 Å². The molecule has 0 aliphatic rings. The third kappa shape index (κ3) is 3.35. The van der Waals surface area contributed by atoms with Crippen molar-refractivity contribution in [1.29, 1.82) is 0 Å². The maximum absolute atomic E-state index is 12.0. The van der Waals surface area contributed by atoms with E-state index in [9.17, 15) is 4.79 Å². The number of carbonyl (C=O) groups excluding carboxylic acids is 1. The van der Waals surface area contributed by atoms with Gasteiger partial charge in [-0.15, -0.1) is 11.3 Å². The van der Waals surface area contributed by atoms with Gasteiger partial charge in [0.2, 0.25) is 0 Å². The maximum atomic E-state index is 12.0. The predicted molar refractivity (Wildman–Crippen MR) is 77.9 cm³/mol. The van der Waals surface area contributed by atoms with E-state index >= 15 is 0 Å². The van der Waals surface area contributed by atoms with Crippen LogP contribution in [0.2, 0.25) is 0 Å². The number of hydrogen-bond donors (Lipinski definition) is 1. The summed E-state index contributed by atoms with van der Waals surface area (Å²) in [5.74, 6) is 0.781. The first-order valence-electron chi connectivity index (χ1n) is 6.10. The number of ether oxygens (including phenoxy) is 1. The van der Waals surface area contributed by atoms with Crippen molar-refractivity contribution in [3.8, 4) is 5.75 Å². The molecule has 0 saturated carbocycles. The molecule has 1 N–H and O–H groups in total. The quantitative estimate of drug-likeness (QED) is 0.926. The van der Waals surface area contributed by atoms with Crippen molar-refractivity contribution < 1.29 is 9.53 Å². The predicted octanol–water partition coefficient (Wildman–Crippen LogP) is 3.56. The van der Waals surface area contributed by atoms with Gasteiger partial charge in [0.05, 0.1) is 18.7 Å². The molecule has 0 bridgehead atoms. The van der Waals surface area contributed by atoms with E-state index in [2.05, 4.69) is 5.32 Å². The Morgan fingerprint density at radius 1 is 1.32 bits per heavy atom. The number of methoxy groups -OCH3 is 1. The van der Waals surface area contributed by atoms with Gasteiger partial charge in [0.15, 0.2) is 0 Å². The monoisotopic (exact) mass is 275 g/mol. The number of nitrogens with one attached hydrogen (secondary N) is 1. The van der Waals surface area contributed by atoms with Crippen LogP contribution in [0.5, 0.6) is 5.75 Å². The van der Waals surface area contributed by atoms with Crippen LogP contribution in [0, 0.1) is 6.92 Å². The Morgan fingerprint density at radius 3 is 2.53 bits per heavy atom. The highest BCUT2D eigenvalue weighted by Crippen LogP contribution is 2.19. The van der Waals surface area contributed by atoms with Gasteiger partial charge in [-0.1, -0.05) is 12.1 Å². The normalized spacial score (nSPS) is 11.9. The molecule has 19 heavy (non-hydrogen) atoms. The zero-order chi connectivity index (χ0) is 13.8. The van der Waals surface area contributed by atoms with E-state index in [1.807, 2.05) is 49.6 Å². The minimum atomic E-state index is -0.0346. The van der Waals surface area contributed by atoms with Crippen molar-refractivity contribution in [1.82, 2.24) is 5.32 Å². The van der Waals surface area contributed by atoms with E-state index in [4.69, 9.17) is 4.74 Å². The molecule has 0 spiro atoms. The number of hydrogen-bond acceptors (Lipinski definition) is 3. The van der Waals surface area contributed by atoms with Crippen LogP contribution in [0.25, 0.3) is 0 Å². The molecule has 0 fully saturated rings. The number of benzene rings is 1. The second-order valence-electron chi connectivity index (χ2n) is 4.41. The molecule has 1 unspecified atom stereocenters. The molecule has 2 aromatic rings. The smallest absolute Gasteiger partial charge is 0.252 e. The summed E-state index contributed by atoms with van der Waals surface area (Å²) in [6, 6.07) is 9.59. The van der Waals surface area contributed by atoms with Crippen LogP contribution in [0.3, 0.4) is 0 Å². The van der Waals surface area contributed by atoms with Crippen LogP contribution in [0.4, 0.5) is 0 Å². The van der Waals surface area contributed by atoms with Crippen molar-refractivity contribution in [2.75, 3.05) is 7.11 Å². The fourth-order valence-electron chi connectivity index (χ4n) is 1.82. The summed E-state index contributed by atoms with van der Waals surface area (Å²) in [4.78, 5) is 13.2. The van der Waals surface area contributed by atoms with Crippen LogP contribution in [0.1, 0.15) is 33.8 Å². The first-order valence-corrected chi connectivity index (χ1v) is 6.98. The second-order valence-corrected chi connectivity index (χ2v) is 5.53. The molecule has 0 aliphatic carbocycles. The Hall–Kier alpha value is -1.81. The van der Waals surface area contributed by atoms with Gasteiger partial charge in [-0.05, 0) is 37.6 Å². The van der Waals surface area contributed by atoms with Gasteiger partial charge in [-0.25, -0.2) is 0 Å². The molecule has 1 heterocycles. The molecule has 1 aromatic heterocycles. The number of aryl methyl sites for hydroxylation is 1. The molecule has 0 aliphatic heterocycles. The molecule has 3 nitrogen and oxygen atoms in total. The number of rotatable bonds is 4. The molecule has 1 aromatic carbocycles. The van der Waals surface area contributed by atoms with Gasteiger partial charge in [0, 0.05) is 10.3 Å². The molecule has 0 saturated heterocycles. The van der Waals surface area contributed by atoms with Crippen molar-refractivity contribution >= 4 is 17.2 Å². The van der Waals surface area contributed by atoms with E-state index in [1.54, 1.807) is 18.4 Å². The van der Waals surface area contributed by atoms with E-state index in [0.717, 1.165) is 21.8 Å². The van der Waals surface area contributed by atoms with E-state index in [-0.39, 0.29) is 11.9 Å². The summed E-state index contributed by atoms with van der Waals surface area (Å²) in [5.41, 5.74) is 1.78. The van der Waals surface area contributed by atoms with Gasteiger partial charge in [0.1, 0.15) is 5.75 Å². The zero-order valence-corrected chi connectivity index (χ0v) is 12.1. The second kappa shape index (κ2) is 5.89. The molecule has 2 rings (SSSR count). The minimum Gasteiger partial charge on any atom is -0.497 e. The highest BCUT2D eigenvalue weighted by atomic mass is 32.1. The average molecular weight is 275 g/mol. The molecule has 1 atom stereocenters. The molecule has 4 heteroatoms. The van der Waals surface area contributed by atoms with Crippen LogP contribution in [-0.2, 0) is 0 Å². The highest BCUT2D eigenvalue weighted by molar-refractivity contribution is 7.10. The number of amides is 1. The average Bonchev–Trinajstić information content (AvgIpc) is 2.85. The molecule has 0 radical (unpaired) electrons. The van der Waals surface area contributed by atoms with Crippen molar-refractivity contribution in [3.63, 3.8) is 0 Å². The standard InChI is InChI=1S/C15H17NO2S/c1-10-8-13(9-19-10)15(17)16-11(2)12-4-6-14(18-3)7-5-12/h4-9,11H,1-3H3,(H,16,17). The van der Waals surface area contributed by atoms with Gasteiger partial charge >= 0.3 is 0 Å². The van der Waals surface area contributed by atoms with Gasteiger partial charge in [-0.2, -0.15) is 0 Å². The fourth-order valence-corrected chi connectivity index (χ4v) is 2.50. The summed E-state index contributed by atoms with van der Waals surface area (Å²) in [5, 5.41) is 4.87. The van der Waals surface area contributed by atoms with Crippen LogP contribution >= 0.6 is 11.3 Å². The maximum Gasteiger partial charge on any atom is 0.252 e. The van der Waals surface area contributed by atoms with Crippen molar-refractivity contribution in [2.24, 2.45) is 0 Å². The van der Waals surface area contributed by atoms with E-state index in [0.29, 0.717) is 0 Å². The van der Waals surface area contributed by atoms with Gasteiger partial charge < -0.3 is 10.1 Å². The zero-order valence-electron chi connectivity index (χ0n) is 11.3. The van der Waals surface area contributed by atoms with Gasteiger partial charge in [0.25, 0.3) is 5.91 Å². The topological polar surface area (TPSA) is 38.3 Å². The lowest BCUT2D eigenvalue weighted by molar-refractivity contribution is 0.0940. The molecule has 100 valence electrons. The lowest BCUT2D eigenvalue weighted by Gasteiger charge is -2.14. The summed E-state index contributed by atoms with van der Waals surface area (Å²) in [7, 11) is 1.64. The SMILES string of the molecule is COc1ccc(C(C)NC(=O)c2csc(C)c2)cc1. The highest BCUT2D eigenvalue weighted by Gasteiger charge is 2.12. The Kier molecular flexibility index (Phi) is 4.22. The van der Waals surface area contributed by atoms with E-state index in [1.165, 1.54) is 0 Å². The molecule has 1 amide bonds. The van der Waals surface area contributed by atoms with Crippen LogP contribution in [0.15, 0.2) is 35.7 Å². The van der Waals surface area contributed by atoms with Crippen molar-refractivity contribution in [3.05, 3.63) is 51.7 Å². The first kappa shape index (κ1) is 13.6. The van der Waals surface area contributed by atoms with Crippen molar-refractivity contribution in [2.45, 2.75) is 19.9 Å². The van der Waals surface area contributed by atoms with E-state index < -0.39 is 0 Å². The third-order valence-corrected chi connectivity index (χ3v) is 3.82. The lowest BCUT2D eigenvalue weighted by Crippen LogP contribution is -2.26. The largest absolute Gasteiger partial charge is 0.497 e. The lowest BCUT2D eigenvalue weighted by atomic mass is 10.1. The minimum absolute atomic E-state index is 0.0291. The van der Waals surface area contributed by atoms with Crippen LogP contribution < -0.4 is 10.1 Å². The van der Waals surface area contributed by atoms with Gasteiger partial charge in [-0.3, -0.25) is 4.79 Å². The summed E-state index contributed by atoms with van der Waals surface area (Å²) >= 11 is 1.58. The summed E-state index contributed by atoms with van der Waals surface area (Å²) in [6.07, 6.45) is 0.